The minimum Gasteiger partial charge on any atom is -0.481 e. The van der Waals surface area contributed by atoms with Crippen molar-refractivity contribution in [3.05, 3.63) is 104 Å². The third-order valence-corrected chi connectivity index (χ3v) is 8.82. The molecule has 0 saturated carbocycles. The normalized spacial score (nSPS) is 19.9. The molecule has 10 nitrogen and oxygen atoms in total. The molecule has 0 fully saturated rings. The molecule has 0 bridgehead atoms. The number of nitrogens with one attached hydrogen (secondary N) is 4. The summed E-state index contributed by atoms with van der Waals surface area (Å²) in [6, 6.07) is 0. The SMILES string of the molecule is C=CC1=C(C)C(OC)N/C1=C\c1[nH]c(Cc2[nH]c(/C=C3\NC(OC)C(C=C)=C3C)c(C)c2CCC(=O)O)c(CCC(=O)O)c1C. The second kappa shape index (κ2) is 14.0. The van der Waals surface area contributed by atoms with Crippen LogP contribution in [0.15, 0.2) is 59.0 Å². The number of carboxylic acid groups (broad SMARTS) is 2. The summed E-state index contributed by atoms with van der Waals surface area (Å²) in [5, 5.41) is 25.8. The maximum atomic E-state index is 11.6. The molecule has 2 aliphatic rings. The van der Waals surface area contributed by atoms with Crippen LogP contribution in [0.1, 0.15) is 71.7 Å². The highest BCUT2D eigenvalue weighted by atomic mass is 16.5. The summed E-state index contributed by atoms with van der Waals surface area (Å²) in [4.78, 5) is 30.3. The van der Waals surface area contributed by atoms with Gasteiger partial charge in [-0.15, -0.1) is 0 Å². The number of aromatic amines is 2. The van der Waals surface area contributed by atoms with E-state index in [9.17, 15) is 19.8 Å². The lowest BCUT2D eigenvalue weighted by Crippen LogP contribution is -2.25. The minimum absolute atomic E-state index is 0.0133. The van der Waals surface area contributed by atoms with Gasteiger partial charge in [0.25, 0.3) is 0 Å². The Morgan fingerprint density at radius 2 is 1.27 bits per heavy atom. The van der Waals surface area contributed by atoms with Crippen molar-refractivity contribution in [2.45, 2.75) is 72.3 Å². The van der Waals surface area contributed by atoms with E-state index in [0.29, 0.717) is 19.3 Å². The number of ether oxygens (including phenoxy) is 2. The molecule has 0 amide bonds. The third kappa shape index (κ3) is 6.92. The van der Waals surface area contributed by atoms with Crippen molar-refractivity contribution in [1.29, 1.82) is 0 Å². The van der Waals surface area contributed by atoms with Crippen LogP contribution in [-0.4, -0.2) is 58.8 Å². The van der Waals surface area contributed by atoms with E-state index in [1.165, 1.54) is 0 Å². The second-order valence-corrected chi connectivity index (χ2v) is 11.4. The lowest BCUT2D eigenvalue weighted by molar-refractivity contribution is -0.138. The van der Waals surface area contributed by atoms with Crippen LogP contribution in [-0.2, 0) is 38.3 Å². The number of H-pyrrole nitrogens is 2. The zero-order valence-corrected chi connectivity index (χ0v) is 26.9. The van der Waals surface area contributed by atoms with Crippen LogP contribution < -0.4 is 10.6 Å². The maximum absolute atomic E-state index is 11.6. The van der Waals surface area contributed by atoms with Crippen LogP contribution in [0.2, 0.25) is 0 Å². The van der Waals surface area contributed by atoms with Gasteiger partial charge in [-0.1, -0.05) is 25.3 Å². The van der Waals surface area contributed by atoms with Gasteiger partial charge in [-0.2, -0.15) is 0 Å². The molecule has 0 aliphatic carbocycles. The summed E-state index contributed by atoms with van der Waals surface area (Å²) in [6.07, 6.45) is 8.18. The van der Waals surface area contributed by atoms with Crippen molar-refractivity contribution in [1.82, 2.24) is 20.6 Å². The molecular formula is C35H44N4O6. The van der Waals surface area contributed by atoms with Crippen LogP contribution in [0.25, 0.3) is 12.2 Å². The minimum atomic E-state index is -0.873. The lowest BCUT2D eigenvalue weighted by atomic mass is 9.98. The summed E-state index contributed by atoms with van der Waals surface area (Å²) in [7, 11) is 3.28. The van der Waals surface area contributed by atoms with E-state index in [0.717, 1.165) is 78.7 Å². The highest BCUT2D eigenvalue weighted by Gasteiger charge is 2.27. The predicted octanol–water partition coefficient (Wildman–Crippen LogP) is 5.42. The quantitative estimate of drug-likeness (QED) is 0.165. The Morgan fingerprint density at radius 3 is 1.69 bits per heavy atom. The molecule has 2 unspecified atom stereocenters. The number of hydrogen-bond acceptors (Lipinski definition) is 6. The van der Waals surface area contributed by atoms with Gasteiger partial charge < -0.3 is 40.3 Å². The molecule has 4 heterocycles. The van der Waals surface area contributed by atoms with Crippen molar-refractivity contribution in [2.24, 2.45) is 0 Å². The number of rotatable bonds is 14. The van der Waals surface area contributed by atoms with Gasteiger partial charge in [-0.25, -0.2) is 0 Å². The van der Waals surface area contributed by atoms with Crippen LogP contribution in [0.4, 0.5) is 0 Å². The van der Waals surface area contributed by atoms with E-state index >= 15 is 0 Å². The van der Waals surface area contributed by atoms with E-state index in [1.807, 2.05) is 39.8 Å². The van der Waals surface area contributed by atoms with Crippen LogP contribution in [0.3, 0.4) is 0 Å². The number of carbonyl (C=O) groups is 2. The molecule has 240 valence electrons. The molecular weight excluding hydrogens is 572 g/mol. The molecule has 0 saturated heterocycles. The van der Waals surface area contributed by atoms with E-state index < -0.39 is 11.9 Å². The average Bonchev–Trinajstić information content (AvgIpc) is 3.67. The number of hydrogen-bond donors (Lipinski definition) is 6. The smallest absolute Gasteiger partial charge is 0.303 e. The fourth-order valence-corrected chi connectivity index (χ4v) is 6.22. The van der Waals surface area contributed by atoms with E-state index in [4.69, 9.17) is 9.47 Å². The summed E-state index contributed by atoms with van der Waals surface area (Å²) in [5.41, 5.74) is 13.0. The fourth-order valence-electron chi connectivity index (χ4n) is 6.22. The molecule has 2 aromatic heterocycles. The van der Waals surface area contributed by atoms with Gasteiger partial charge in [-0.05, 0) is 86.1 Å². The molecule has 45 heavy (non-hydrogen) atoms. The lowest BCUT2D eigenvalue weighted by Gasteiger charge is -2.11. The first-order valence-corrected chi connectivity index (χ1v) is 15.0. The van der Waals surface area contributed by atoms with Crippen LogP contribution in [0.5, 0.6) is 0 Å². The molecule has 4 rings (SSSR count). The van der Waals surface area contributed by atoms with Crippen molar-refractivity contribution in [3.63, 3.8) is 0 Å². The van der Waals surface area contributed by atoms with Gasteiger partial charge in [0.15, 0.2) is 6.23 Å². The first kappa shape index (κ1) is 33.4. The van der Waals surface area contributed by atoms with E-state index in [1.54, 1.807) is 26.4 Å². The summed E-state index contributed by atoms with van der Waals surface area (Å²) in [6.45, 7) is 15.9. The molecule has 2 aromatic rings. The third-order valence-electron chi connectivity index (χ3n) is 8.82. The molecule has 0 radical (unpaired) electrons. The molecule has 6 N–H and O–H groups in total. The summed E-state index contributed by atoms with van der Waals surface area (Å²) in [5.74, 6) is -1.75. The van der Waals surface area contributed by atoms with Gasteiger partial charge in [0.1, 0.15) is 6.23 Å². The van der Waals surface area contributed by atoms with Crippen LogP contribution in [0, 0.1) is 13.8 Å². The number of carboxylic acids is 2. The fraction of sp³-hybridized carbons (Fsp3) is 0.371. The number of aliphatic carboxylic acids is 2. The zero-order chi connectivity index (χ0) is 33.0. The van der Waals surface area contributed by atoms with Gasteiger partial charge in [-0.3, -0.25) is 9.59 Å². The van der Waals surface area contributed by atoms with E-state index in [2.05, 4.69) is 33.8 Å². The molecule has 0 spiro atoms. The number of aromatic nitrogens is 2. The number of methoxy groups -OCH3 is 2. The van der Waals surface area contributed by atoms with Crippen molar-refractivity contribution >= 4 is 24.1 Å². The predicted molar refractivity (Wildman–Crippen MR) is 175 cm³/mol. The Kier molecular flexibility index (Phi) is 10.4. The first-order valence-electron chi connectivity index (χ1n) is 15.0. The Morgan fingerprint density at radius 1 is 0.778 bits per heavy atom. The molecule has 10 heteroatoms. The van der Waals surface area contributed by atoms with Crippen molar-refractivity contribution in [3.8, 4) is 0 Å². The second-order valence-electron chi connectivity index (χ2n) is 11.4. The monoisotopic (exact) mass is 616 g/mol. The Balaban J connectivity index is 1.80. The van der Waals surface area contributed by atoms with E-state index in [-0.39, 0.29) is 25.3 Å². The first-order chi connectivity index (χ1) is 21.4. The number of allylic oxidation sites excluding steroid dienone is 2. The highest BCUT2D eigenvalue weighted by Crippen LogP contribution is 2.33. The van der Waals surface area contributed by atoms with Gasteiger partial charge in [0.2, 0.25) is 0 Å². The van der Waals surface area contributed by atoms with Gasteiger partial charge >= 0.3 is 11.9 Å². The zero-order valence-electron chi connectivity index (χ0n) is 26.9. The topological polar surface area (TPSA) is 149 Å². The summed E-state index contributed by atoms with van der Waals surface area (Å²) < 4.78 is 11.1. The highest BCUT2D eigenvalue weighted by molar-refractivity contribution is 5.70. The average molecular weight is 617 g/mol. The Hall–Kier alpha value is -4.54. The Bertz CT molecular complexity index is 1650. The Labute approximate surface area is 264 Å². The largest absolute Gasteiger partial charge is 0.481 e. The molecule has 0 aromatic carbocycles. The van der Waals surface area contributed by atoms with Crippen molar-refractivity contribution < 1.29 is 29.3 Å². The summed E-state index contributed by atoms with van der Waals surface area (Å²) >= 11 is 0. The van der Waals surface area contributed by atoms with Gasteiger partial charge in [0, 0.05) is 78.8 Å². The molecule has 2 atom stereocenters. The standard InChI is InChI=1S/C35H44N4O6/c1-9-22-21(6)34(44-7)39-29(22)16-27-20(5)25(12-14-33(42)43)31(37-27)17-30-24(11-13-32(40)41)19(4)26(36-30)15-28-18(3)23(10-2)35(38-28)45-8/h9-10,15-16,34-39H,1-2,11-14,17H2,3-8H3,(H,40,41)(H,42,43)/b28-15-,29-16-. The molecule has 2 aliphatic heterocycles. The van der Waals surface area contributed by atoms with Crippen molar-refractivity contribution in [2.75, 3.05) is 14.2 Å². The van der Waals surface area contributed by atoms with Gasteiger partial charge in [0.05, 0.1) is 0 Å². The van der Waals surface area contributed by atoms with Crippen LogP contribution >= 0.6 is 0 Å². The maximum Gasteiger partial charge on any atom is 0.303 e.